The third-order valence-electron chi connectivity index (χ3n) is 5.05. The molecule has 2 atom stereocenters. The molecule has 1 aliphatic heterocycles. The van der Waals surface area contributed by atoms with Crippen LogP contribution in [0.25, 0.3) is 0 Å². The second-order valence-corrected chi connectivity index (χ2v) is 8.61. The van der Waals surface area contributed by atoms with Gasteiger partial charge in [-0.25, -0.2) is 4.79 Å². The monoisotopic (exact) mass is 327 g/mol. The van der Waals surface area contributed by atoms with Gasteiger partial charge in [0.05, 0.1) is 5.60 Å². The Morgan fingerprint density at radius 2 is 1.61 bits per heavy atom. The summed E-state index contributed by atoms with van der Waals surface area (Å²) in [5.74, 6) is -0.479. The number of nitrogens with zero attached hydrogens (tertiary/aromatic N) is 1. The van der Waals surface area contributed by atoms with Crippen molar-refractivity contribution in [2.75, 3.05) is 13.1 Å². The minimum absolute atomic E-state index is 0.00713. The number of carboxylic acid groups (broad SMARTS) is 1. The Hall–Kier alpha value is -1.30. The number of carboxylic acids is 1. The number of hydrogen-bond acceptors (Lipinski definition) is 4. The summed E-state index contributed by atoms with van der Waals surface area (Å²) in [4.78, 5) is 25.4. The van der Waals surface area contributed by atoms with Gasteiger partial charge in [0.25, 0.3) is 0 Å². The van der Waals surface area contributed by atoms with E-state index in [-0.39, 0.29) is 24.9 Å². The van der Waals surface area contributed by atoms with Crippen LogP contribution < -0.4 is 0 Å². The molecule has 1 saturated carbocycles. The molecule has 2 unspecified atom stereocenters. The molecule has 0 bridgehead atoms. The van der Waals surface area contributed by atoms with Gasteiger partial charge in [-0.3, -0.25) is 4.79 Å². The number of carbonyl (C=O) groups excluding carboxylic acids is 1. The molecule has 6 nitrogen and oxygen atoms in total. The Morgan fingerprint density at radius 1 is 1.13 bits per heavy atom. The highest BCUT2D eigenvalue weighted by Crippen LogP contribution is 2.51. The number of hydrogen-bond donors (Lipinski definition) is 2. The molecule has 1 aliphatic carbocycles. The van der Waals surface area contributed by atoms with Crippen LogP contribution in [0.1, 0.15) is 53.9 Å². The van der Waals surface area contributed by atoms with E-state index >= 15 is 0 Å². The maximum atomic E-state index is 12.1. The van der Waals surface area contributed by atoms with E-state index in [1.54, 1.807) is 20.8 Å². The molecule has 0 spiro atoms. The first kappa shape index (κ1) is 18.0. The number of likely N-dealkylation sites (tertiary alicyclic amines) is 1. The normalized spacial score (nSPS) is 33.7. The van der Waals surface area contributed by atoms with Gasteiger partial charge in [0, 0.05) is 13.1 Å². The zero-order valence-corrected chi connectivity index (χ0v) is 14.8. The number of rotatable bonds is 2. The van der Waals surface area contributed by atoms with Crippen LogP contribution in [0.3, 0.4) is 0 Å². The van der Waals surface area contributed by atoms with E-state index in [9.17, 15) is 19.8 Å². The SMILES string of the molecule is CC1CC(C)CC(O)(C2(C(=O)O)CN(C(=O)OC(C)(C)C)C2)C1. The van der Waals surface area contributed by atoms with Crippen LogP contribution in [0, 0.1) is 17.3 Å². The van der Waals surface area contributed by atoms with E-state index in [2.05, 4.69) is 0 Å². The summed E-state index contributed by atoms with van der Waals surface area (Å²) in [5.41, 5.74) is -3.18. The number of ether oxygens (including phenoxy) is 1. The van der Waals surface area contributed by atoms with Crippen LogP contribution in [-0.4, -0.2) is 51.5 Å². The highest BCUT2D eigenvalue weighted by atomic mass is 16.6. The lowest BCUT2D eigenvalue weighted by Gasteiger charge is -2.57. The minimum Gasteiger partial charge on any atom is -0.481 e. The fourth-order valence-corrected chi connectivity index (χ4v) is 4.17. The summed E-state index contributed by atoms with van der Waals surface area (Å²) < 4.78 is 5.29. The average molecular weight is 327 g/mol. The summed E-state index contributed by atoms with van der Waals surface area (Å²) in [6.07, 6.45) is 1.40. The molecule has 1 heterocycles. The lowest BCUT2D eigenvalue weighted by Crippen LogP contribution is -2.73. The first-order chi connectivity index (χ1) is 10.4. The van der Waals surface area contributed by atoms with Crippen LogP contribution in [0.2, 0.25) is 0 Å². The number of aliphatic hydroxyl groups is 1. The maximum absolute atomic E-state index is 12.1. The van der Waals surface area contributed by atoms with Gasteiger partial charge in [-0.05, 0) is 51.9 Å². The van der Waals surface area contributed by atoms with Gasteiger partial charge in [0.15, 0.2) is 0 Å². The zero-order chi connectivity index (χ0) is 17.6. The molecule has 0 radical (unpaired) electrons. The Kier molecular flexibility index (Phi) is 4.43. The van der Waals surface area contributed by atoms with Crippen LogP contribution in [0.4, 0.5) is 4.79 Å². The van der Waals surface area contributed by atoms with E-state index in [0.29, 0.717) is 12.8 Å². The Morgan fingerprint density at radius 3 is 2.00 bits per heavy atom. The summed E-state index contributed by atoms with van der Waals surface area (Å²) in [6.45, 7) is 9.41. The number of carbonyl (C=O) groups is 2. The van der Waals surface area contributed by atoms with Crippen molar-refractivity contribution in [3.63, 3.8) is 0 Å². The first-order valence-electron chi connectivity index (χ1n) is 8.32. The van der Waals surface area contributed by atoms with Crippen molar-refractivity contribution in [2.24, 2.45) is 17.3 Å². The van der Waals surface area contributed by atoms with Gasteiger partial charge in [0.2, 0.25) is 0 Å². The quantitative estimate of drug-likeness (QED) is 0.813. The van der Waals surface area contributed by atoms with Crippen LogP contribution in [0.5, 0.6) is 0 Å². The highest BCUT2D eigenvalue weighted by molar-refractivity contribution is 5.82. The van der Waals surface area contributed by atoms with E-state index in [4.69, 9.17) is 4.74 Å². The second kappa shape index (κ2) is 5.65. The van der Waals surface area contributed by atoms with Crippen molar-refractivity contribution in [3.05, 3.63) is 0 Å². The minimum atomic E-state index is -1.28. The zero-order valence-electron chi connectivity index (χ0n) is 14.8. The molecule has 2 rings (SSSR count). The second-order valence-electron chi connectivity index (χ2n) is 8.61. The van der Waals surface area contributed by atoms with Crippen LogP contribution in [-0.2, 0) is 9.53 Å². The summed E-state index contributed by atoms with van der Waals surface area (Å²) in [6, 6.07) is 0. The van der Waals surface area contributed by atoms with Crippen LogP contribution >= 0.6 is 0 Å². The third kappa shape index (κ3) is 3.32. The highest BCUT2D eigenvalue weighted by Gasteiger charge is 2.65. The fraction of sp³-hybridized carbons (Fsp3) is 0.882. The molecular weight excluding hydrogens is 298 g/mol. The number of aliphatic carboxylic acids is 1. The molecule has 0 aromatic rings. The summed E-state index contributed by atoms with van der Waals surface area (Å²) in [7, 11) is 0. The van der Waals surface area contributed by atoms with Crippen molar-refractivity contribution >= 4 is 12.1 Å². The Balaban J connectivity index is 2.15. The van der Waals surface area contributed by atoms with Gasteiger partial charge in [-0.15, -0.1) is 0 Å². The van der Waals surface area contributed by atoms with E-state index in [1.807, 2.05) is 13.8 Å². The van der Waals surface area contributed by atoms with Gasteiger partial charge in [-0.2, -0.15) is 0 Å². The number of amides is 1. The predicted molar refractivity (Wildman–Crippen MR) is 85.0 cm³/mol. The van der Waals surface area contributed by atoms with E-state index in [1.165, 1.54) is 4.90 Å². The molecule has 1 amide bonds. The first-order valence-corrected chi connectivity index (χ1v) is 8.32. The maximum Gasteiger partial charge on any atom is 0.410 e. The average Bonchev–Trinajstić information content (AvgIpc) is 2.20. The van der Waals surface area contributed by atoms with Crippen molar-refractivity contribution in [2.45, 2.75) is 65.1 Å². The predicted octanol–water partition coefficient (Wildman–Crippen LogP) is 2.50. The van der Waals surface area contributed by atoms with Crippen LogP contribution in [0.15, 0.2) is 0 Å². The molecular formula is C17H29NO5. The lowest BCUT2D eigenvalue weighted by atomic mass is 9.57. The van der Waals surface area contributed by atoms with Gasteiger partial charge < -0.3 is 19.8 Å². The summed E-state index contributed by atoms with van der Waals surface area (Å²) in [5, 5.41) is 20.9. The lowest BCUT2D eigenvalue weighted by molar-refractivity contribution is -0.208. The molecule has 23 heavy (non-hydrogen) atoms. The van der Waals surface area contributed by atoms with Crippen molar-refractivity contribution in [1.29, 1.82) is 0 Å². The molecule has 2 N–H and O–H groups in total. The molecule has 2 aliphatic rings. The van der Waals surface area contributed by atoms with Crippen molar-refractivity contribution in [1.82, 2.24) is 4.90 Å². The third-order valence-corrected chi connectivity index (χ3v) is 5.05. The van der Waals surface area contributed by atoms with Crippen molar-refractivity contribution in [3.8, 4) is 0 Å². The Bertz CT molecular complexity index is 480. The Labute approximate surface area is 137 Å². The van der Waals surface area contributed by atoms with E-state index in [0.717, 1.165) is 6.42 Å². The molecule has 2 fully saturated rings. The molecule has 0 aromatic heterocycles. The molecule has 1 saturated heterocycles. The van der Waals surface area contributed by atoms with Gasteiger partial charge in [-0.1, -0.05) is 13.8 Å². The molecule has 0 aromatic carbocycles. The largest absolute Gasteiger partial charge is 0.481 e. The molecule has 132 valence electrons. The standard InChI is InChI=1S/C17H29NO5/c1-11-6-12(2)8-17(22,7-11)16(13(19)20)9-18(10-16)14(21)23-15(3,4)5/h11-12,22H,6-10H2,1-5H3,(H,19,20). The van der Waals surface area contributed by atoms with Crippen molar-refractivity contribution < 1.29 is 24.5 Å². The van der Waals surface area contributed by atoms with Gasteiger partial charge >= 0.3 is 12.1 Å². The fourth-order valence-electron chi connectivity index (χ4n) is 4.17. The summed E-state index contributed by atoms with van der Waals surface area (Å²) >= 11 is 0. The molecule has 6 heteroatoms. The van der Waals surface area contributed by atoms with Gasteiger partial charge in [0.1, 0.15) is 11.0 Å². The van der Waals surface area contributed by atoms with E-state index < -0.39 is 28.7 Å². The smallest absolute Gasteiger partial charge is 0.410 e. The topological polar surface area (TPSA) is 87.1 Å².